The number of fused-ring (bicyclic) bond motifs is 1. The summed E-state index contributed by atoms with van der Waals surface area (Å²) in [5, 5.41) is 0. The lowest BCUT2D eigenvalue weighted by Crippen LogP contribution is -2.25. The van der Waals surface area contributed by atoms with Crippen molar-refractivity contribution >= 4 is 5.91 Å². The molecule has 130 valence electrons. The molecule has 1 fully saturated rings. The zero-order valence-corrected chi connectivity index (χ0v) is 14.2. The van der Waals surface area contributed by atoms with Crippen molar-refractivity contribution in [3.05, 3.63) is 54.1 Å². The Kier molecular flexibility index (Phi) is 4.22. The summed E-state index contributed by atoms with van der Waals surface area (Å²) in [7, 11) is 1.86. The van der Waals surface area contributed by atoms with Gasteiger partial charge in [0.15, 0.2) is 11.5 Å². The predicted molar refractivity (Wildman–Crippen MR) is 92.8 cm³/mol. The van der Waals surface area contributed by atoms with E-state index in [0.29, 0.717) is 12.4 Å². The molecule has 5 heteroatoms. The summed E-state index contributed by atoms with van der Waals surface area (Å²) in [4.78, 5) is 14.3. The van der Waals surface area contributed by atoms with E-state index in [-0.39, 0.29) is 24.5 Å². The fourth-order valence-corrected chi connectivity index (χ4v) is 3.51. The van der Waals surface area contributed by atoms with Crippen LogP contribution in [0.1, 0.15) is 5.56 Å². The maximum atomic E-state index is 12.5. The summed E-state index contributed by atoms with van der Waals surface area (Å²) in [5.74, 6) is 2.51. The Morgan fingerprint density at radius 1 is 1.12 bits per heavy atom. The number of ether oxygens (including phenoxy) is 3. The zero-order valence-electron chi connectivity index (χ0n) is 14.2. The Morgan fingerprint density at radius 3 is 2.76 bits per heavy atom. The highest BCUT2D eigenvalue weighted by Crippen LogP contribution is 2.36. The van der Waals surface area contributed by atoms with E-state index in [1.807, 2.05) is 43.4 Å². The van der Waals surface area contributed by atoms with E-state index in [1.54, 1.807) is 4.90 Å². The largest absolute Gasteiger partial charge is 0.493 e. The van der Waals surface area contributed by atoms with Gasteiger partial charge in [-0.25, -0.2) is 0 Å². The molecule has 2 aliphatic rings. The lowest BCUT2D eigenvalue weighted by Gasteiger charge is -2.17. The SMILES string of the molecule is CN1C[C@@H](COc2ccc3c(c2)OCO3)[C@H](Cc2ccccc2)C1=O. The minimum atomic E-state index is -0.0404. The molecule has 2 aromatic rings. The highest BCUT2D eigenvalue weighted by molar-refractivity contribution is 5.81. The molecule has 2 aliphatic heterocycles. The fourth-order valence-electron chi connectivity index (χ4n) is 3.51. The molecule has 0 radical (unpaired) electrons. The standard InChI is InChI=1S/C20H21NO4/c1-21-11-15(17(20(21)22)9-14-5-3-2-4-6-14)12-23-16-7-8-18-19(10-16)25-13-24-18/h2-8,10,15,17H,9,11-13H2,1H3/t15-,17-/m0/s1. The van der Waals surface area contributed by atoms with Gasteiger partial charge in [0.2, 0.25) is 12.7 Å². The van der Waals surface area contributed by atoms with Crippen molar-refractivity contribution < 1.29 is 19.0 Å². The van der Waals surface area contributed by atoms with Crippen LogP contribution in [-0.2, 0) is 11.2 Å². The van der Waals surface area contributed by atoms with E-state index >= 15 is 0 Å². The number of hydrogen-bond donors (Lipinski definition) is 0. The van der Waals surface area contributed by atoms with Crippen molar-refractivity contribution in [2.45, 2.75) is 6.42 Å². The summed E-state index contributed by atoms with van der Waals surface area (Å²) in [6, 6.07) is 15.7. The highest BCUT2D eigenvalue weighted by Gasteiger charge is 2.38. The summed E-state index contributed by atoms with van der Waals surface area (Å²) < 4.78 is 16.7. The van der Waals surface area contributed by atoms with Gasteiger partial charge in [0.05, 0.1) is 6.61 Å². The van der Waals surface area contributed by atoms with Gasteiger partial charge in [-0.05, 0) is 24.1 Å². The zero-order chi connectivity index (χ0) is 17.2. The molecule has 5 nitrogen and oxygen atoms in total. The molecular weight excluding hydrogens is 318 g/mol. The molecule has 0 saturated carbocycles. The van der Waals surface area contributed by atoms with Gasteiger partial charge in [-0.3, -0.25) is 4.79 Å². The van der Waals surface area contributed by atoms with Crippen LogP contribution in [0.2, 0.25) is 0 Å². The molecule has 2 heterocycles. The van der Waals surface area contributed by atoms with Crippen molar-refractivity contribution in [2.24, 2.45) is 11.8 Å². The molecule has 0 aromatic heterocycles. The number of amides is 1. The molecule has 1 amide bonds. The Balaban J connectivity index is 1.43. The maximum absolute atomic E-state index is 12.5. The lowest BCUT2D eigenvalue weighted by molar-refractivity contribution is -0.130. The van der Waals surface area contributed by atoms with Crippen LogP contribution in [-0.4, -0.2) is 37.8 Å². The molecule has 0 aliphatic carbocycles. The Hall–Kier alpha value is -2.69. The average Bonchev–Trinajstić information content (AvgIpc) is 3.20. The first-order valence-electron chi connectivity index (χ1n) is 8.52. The normalized spacial score (nSPS) is 21.6. The first-order chi connectivity index (χ1) is 12.2. The molecular formula is C20H21NO4. The average molecular weight is 339 g/mol. The molecule has 0 spiro atoms. The third-order valence-electron chi connectivity index (χ3n) is 4.88. The summed E-state index contributed by atoms with van der Waals surface area (Å²) in [5.41, 5.74) is 1.18. The molecule has 1 saturated heterocycles. The second-order valence-electron chi connectivity index (χ2n) is 6.60. The smallest absolute Gasteiger partial charge is 0.231 e. The molecule has 0 unspecified atom stereocenters. The minimum Gasteiger partial charge on any atom is -0.493 e. The van der Waals surface area contributed by atoms with Crippen LogP contribution in [0.3, 0.4) is 0 Å². The Morgan fingerprint density at radius 2 is 1.92 bits per heavy atom. The van der Waals surface area contributed by atoms with Gasteiger partial charge in [0.25, 0.3) is 0 Å². The van der Waals surface area contributed by atoms with E-state index in [2.05, 4.69) is 12.1 Å². The van der Waals surface area contributed by atoms with Crippen LogP contribution in [0.25, 0.3) is 0 Å². The third-order valence-corrected chi connectivity index (χ3v) is 4.88. The third kappa shape index (κ3) is 3.27. The number of likely N-dealkylation sites (tertiary alicyclic amines) is 1. The fraction of sp³-hybridized carbons (Fsp3) is 0.350. The number of rotatable bonds is 5. The highest BCUT2D eigenvalue weighted by atomic mass is 16.7. The number of carbonyl (C=O) groups excluding carboxylic acids is 1. The van der Waals surface area contributed by atoms with Gasteiger partial charge >= 0.3 is 0 Å². The summed E-state index contributed by atoms with van der Waals surface area (Å²) in [6.07, 6.45) is 0.749. The van der Waals surface area contributed by atoms with Gasteiger partial charge in [0, 0.05) is 31.5 Å². The van der Waals surface area contributed by atoms with Gasteiger partial charge in [-0.2, -0.15) is 0 Å². The minimum absolute atomic E-state index is 0.0404. The molecule has 2 atom stereocenters. The first kappa shape index (κ1) is 15.8. The predicted octanol–water partition coefficient (Wildman–Crippen LogP) is 2.74. The van der Waals surface area contributed by atoms with Crippen molar-refractivity contribution in [1.29, 1.82) is 0 Å². The van der Waals surface area contributed by atoms with Crippen molar-refractivity contribution in [3.63, 3.8) is 0 Å². The Labute approximate surface area is 147 Å². The van der Waals surface area contributed by atoms with Crippen LogP contribution in [0.5, 0.6) is 17.2 Å². The summed E-state index contributed by atoms with van der Waals surface area (Å²) >= 11 is 0. The van der Waals surface area contributed by atoms with Crippen LogP contribution in [0.4, 0.5) is 0 Å². The molecule has 0 N–H and O–H groups in total. The van der Waals surface area contributed by atoms with Crippen LogP contribution < -0.4 is 14.2 Å². The second kappa shape index (κ2) is 6.67. The second-order valence-corrected chi connectivity index (χ2v) is 6.60. The number of benzene rings is 2. The topological polar surface area (TPSA) is 48.0 Å². The molecule has 4 rings (SSSR count). The molecule has 0 bridgehead atoms. The molecule has 2 aromatic carbocycles. The lowest BCUT2D eigenvalue weighted by atomic mass is 9.90. The van der Waals surface area contributed by atoms with Gasteiger partial charge in [0.1, 0.15) is 5.75 Å². The number of nitrogens with zero attached hydrogens (tertiary/aromatic N) is 1. The Bertz CT molecular complexity index is 762. The summed E-state index contributed by atoms with van der Waals surface area (Å²) in [6.45, 7) is 1.48. The van der Waals surface area contributed by atoms with E-state index in [1.165, 1.54) is 5.56 Å². The van der Waals surface area contributed by atoms with E-state index in [0.717, 1.165) is 24.5 Å². The quantitative estimate of drug-likeness (QED) is 0.840. The van der Waals surface area contributed by atoms with E-state index < -0.39 is 0 Å². The van der Waals surface area contributed by atoms with Crippen LogP contribution in [0, 0.1) is 11.8 Å². The monoisotopic (exact) mass is 339 g/mol. The van der Waals surface area contributed by atoms with Crippen molar-refractivity contribution in [2.75, 3.05) is 27.0 Å². The van der Waals surface area contributed by atoms with Crippen molar-refractivity contribution in [3.8, 4) is 17.2 Å². The maximum Gasteiger partial charge on any atom is 0.231 e. The van der Waals surface area contributed by atoms with Gasteiger partial charge in [-0.1, -0.05) is 30.3 Å². The van der Waals surface area contributed by atoms with E-state index in [4.69, 9.17) is 14.2 Å². The van der Waals surface area contributed by atoms with Crippen molar-refractivity contribution in [1.82, 2.24) is 4.90 Å². The van der Waals surface area contributed by atoms with Gasteiger partial charge in [-0.15, -0.1) is 0 Å². The number of carbonyl (C=O) groups is 1. The van der Waals surface area contributed by atoms with Gasteiger partial charge < -0.3 is 19.1 Å². The van der Waals surface area contributed by atoms with Crippen LogP contribution >= 0.6 is 0 Å². The molecule has 25 heavy (non-hydrogen) atoms. The van der Waals surface area contributed by atoms with E-state index in [9.17, 15) is 4.79 Å². The van der Waals surface area contributed by atoms with Crippen LogP contribution in [0.15, 0.2) is 48.5 Å². The number of hydrogen-bond acceptors (Lipinski definition) is 4. The first-order valence-corrected chi connectivity index (χ1v) is 8.52.